The van der Waals surface area contributed by atoms with E-state index in [0.717, 1.165) is 17.2 Å². The Morgan fingerprint density at radius 2 is 2.05 bits per heavy atom. The summed E-state index contributed by atoms with van der Waals surface area (Å²) in [4.78, 5) is 0. The van der Waals surface area contributed by atoms with Crippen molar-refractivity contribution in [3.05, 3.63) is 29.6 Å². The average Bonchev–Trinajstić information content (AvgIpc) is 3.08. The van der Waals surface area contributed by atoms with Gasteiger partial charge in [0.15, 0.2) is 5.82 Å². The zero-order valence-electron chi connectivity index (χ0n) is 11.5. The van der Waals surface area contributed by atoms with Crippen LogP contribution in [0.25, 0.3) is 0 Å². The fourth-order valence-corrected chi connectivity index (χ4v) is 2.96. The molecule has 2 aromatic heterocycles. The van der Waals surface area contributed by atoms with Crippen LogP contribution >= 0.6 is 0 Å². The zero-order chi connectivity index (χ0) is 13.4. The molecule has 1 fully saturated rings. The maximum absolute atomic E-state index is 6.33. The van der Waals surface area contributed by atoms with Crippen LogP contribution in [0.2, 0.25) is 0 Å². The molecule has 0 radical (unpaired) electrons. The molecule has 0 aliphatic heterocycles. The lowest BCUT2D eigenvalue weighted by Gasteiger charge is -2.18. The molecule has 1 aliphatic rings. The van der Waals surface area contributed by atoms with Gasteiger partial charge in [-0.05, 0) is 19.8 Å². The van der Waals surface area contributed by atoms with Crippen molar-refractivity contribution in [1.29, 1.82) is 0 Å². The van der Waals surface area contributed by atoms with Gasteiger partial charge in [-0.15, -0.1) is 10.2 Å². The highest BCUT2D eigenvalue weighted by Crippen LogP contribution is 2.33. The third kappa shape index (κ3) is 2.16. The highest BCUT2D eigenvalue weighted by atomic mass is 15.3. The maximum atomic E-state index is 6.33. The van der Waals surface area contributed by atoms with Crippen molar-refractivity contribution in [2.24, 2.45) is 12.8 Å². The van der Waals surface area contributed by atoms with Crippen LogP contribution in [0.5, 0.6) is 0 Å². The molecule has 0 saturated heterocycles. The van der Waals surface area contributed by atoms with Crippen LogP contribution in [0.1, 0.15) is 55.0 Å². The highest BCUT2D eigenvalue weighted by Gasteiger charge is 2.26. The fourth-order valence-electron chi connectivity index (χ4n) is 2.96. The van der Waals surface area contributed by atoms with Crippen LogP contribution in [0.4, 0.5) is 0 Å². The van der Waals surface area contributed by atoms with Gasteiger partial charge in [0.2, 0.25) is 0 Å². The second-order valence-electron chi connectivity index (χ2n) is 5.34. The molecule has 19 heavy (non-hydrogen) atoms. The van der Waals surface area contributed by atoms with Gasteiger partial charge in [0.25, 0.3) is 0 Å². The zero-order valence-corrected chi connectivity index (χ0v) is 11.5. The summed E-state index contributed by atoms with van der Waals surface area (Å²) in [5, 5.41) is 12.7. The summed E-state index contributed by atoms with van der Waals surface area (Å²) in [7, 11) is 1.89. The molecule has 2 N–H and O–H groups in total. The minimum atomic E-state index is -0.254. The van der Waals surface area contributed by atoms with Crippen LogP contribution < -0.4 is 5.73 Å². The van der Waals surface area contributed by atoms with Crippen LogP contribution in [-0.2, 0) is 7.05 Å². The van der Waals surface area contributed by atoms with E-state index in [1.807, 2.05) is 20.2 Å². The molecule has 6 nitrogen and oxygen atoms in total. The summed E-state index contributed by atoms with van der Waals surface area (Å²) in [6, 6.07) is 0.253. The first-order valence-corrected chi connectivity index (χ1v) is 6.82. The molecule has 1 atom stereocenters. The van der Waals surface area contributed by atoms with Gasteiger partial charge in [0, 0.05) is 24.8 Å². The van der Waals surface area contributed by atoms with Crippen molar-refractivity contribution < 1.29 is 0 Å². The van der Waals surface area contributed by atoms with E-state index in [2.05, 4.69) is 19.9 Å². The molecule has 2 heterocycles. The van der Waals surface area contributed by atoms with E-state index in [-0.39, 0.29) is 6.04 Å². The van der Waals surface area contributed by atoms with Gasteiger partial charge in [0.1, 0.15) is 5.82 Å². The van der Waals surface area contributed by atoms with E-state index < -0.39 is 0 Å². The Morgan fingerprint density at radius 1 is 1.32 bits per heavy atom. The summed E-state index contributed by atoms with van der Waals surface area (Å²) in [6.45, 7) is 2.00. The predicted molar refractivity (Wildman–Crippen MR) is 71.5 cm³/mol. The van der Waals surface area contributed by atoms with E-state index in [0.29, 0.717) is 6.04 Å². The normalized spacial score (nSPS) is 18.1. The van der Waals surface area contributed by atoms with Crippen LogP contribution in [-0.4, -0.2) is 24.5 Å². The van der Waals surface area contributed by atoms with E-state index in [9.17, 15) is 0 Å². The second-order valence-corrected chi connectivity index (χ2v) is 5.34. The second kappa shape index (κ2) is 4.77. The van der Waals surface area contributed by atoms with Gasteiger partial charge in [-0.2, -0.15) is 5.10 Å². The molecule has 1 saturated carbocycles. The molecule has 0 bridgehead atoms. The van der Waals surface area contributed by atoms with Crippen molar-refractivity contribution in [3.63, 3.8) is 0 Å². The summed E-state index contributed by atoms with van der Waals surface area (Å²) < 4.78 is 3.99. The number of hydrogen-bond acceptors (Lipinski definition) is 4. The van der Waals surface area contributed by atoms with Gasteiger partial charge in [-0.1, -0.05) is 12.8 Å². The Labute approximate surface area is 112 Å². The van der Waals surface area contributed by atoms with Gasteiger partial charge >= 0.3 is 0 Å². The summed E-state index contributed by atoms with van der Waals surface area (Å²) in [6.07, 6.45) is 8.70. The van der Waals surface area contributed by atoms with Gasteiger partial charge in [-0.3, -0.25) is 4.68 Å². The van der Waals surface area contributed by atoms with E-state index in [4.69, 9.17) is 5.73 Å². The Balaban J connectivity index is 1.96. The van der Waals surface area contributed by atoms with Crippen molar-refractivity contribution in [2.45, 2.75) is 44.7 Å². The number of rotatable bonds is 3. The van der Waals surface area contributed by atoms with Crippen molar-refractivity contribution in [3.8, 4) is 0 Å². The fraction of sp³-hybridized carbons (Fsp3) is 0.615. The lowest BCUT2D eigenvalue weighted by Crippen LogP contribution is -2.20. The van der Waals surface area contributed by atoms with Crippen molar-refractivity contribution >= 4 is 0 Å². The van der Waals surface area contributed by atoms with Crippen LogP contribution in [0.3, 0.4) is 0 Å². The van der Waals surface area contributed by atoms with Crippen molar-refractivity contribution in [2.75, 3.05) is 0 Å². The molecule has 6 heteroatoms. The molecule has 2 aromatic rings. The molecule has 102 valence electrons. The molecule has 0 amide bonds. The first kappa shape index (κ1) is 12.3. The summed E-state index contributed by atoms with van der Waals surface area (Å²) >= 11 is 0. The number of aryl methyl sites for hydroxylation is 2. The Kier molecular flexibility index (Phi) is 3.10. The number of aromatic nitrogens is 5. The standard InChI is InChI=1S/C13H20N6/c1-9-16-17-13(19(9)11-5-3-4-6-11)12(14)10-7-15-18(2)8-10/h7-8,11-12H,3-6,14H2,1-2H3. The topological polar surface area (TPSA) is 74.6 Å². The molecular formula is C13H20N6. The number of nitrogens with zero attached hydrogens (tertiary/aromatic N) is 5. The number of nitrogens with two attached hydrogens (primary N) is 1. The summed E-state index contributed by atoms with van der Waals surface area (Å²) in [5.74, 6) is 1.82. The minimum Gasteiger partial charge on any atom is -0.318 e. The third-order valence-electron chi connectivity index (χ3n) is 3.94. The number of hydrogen-bond donors (Lipinski definition) is 1. The maximum Gasteiger partial charge on any atom is 0.154 e. The lowest BCUT2D eigenvalue weighted by atomic mass is 10.1. The van der Waals surface area contributed by atoms with Gasteiger partial charge in [0.05, 0.1) is 12.2 Å². The molecule has 1 unspecified atom stereocenters. The largest absolute Gasteiger partial charge is 0.318 e. The molecule has 1 aliphatic carbocycles. The minimum absolute atomic E-state index is 0.254. The average molecular weight is 260 g/mol. The summed E-state index contributed by atoms with van der Waals surface area (Å²) in [5.41, 5.74) is 7.32. The van der Waals surface area contributed by atoms with Gasteiger partial charge in [-0.25, -0.2) is 0 Å². The first-order valence-electron chi connectivity index (χ1n) is 6.82. The van der Waals surface area contributed by atoms with Crippen LogP contribution in [0.15, 0.2) is 12.4 Å². The highest BCUT2D eigenvalue weighted by molar-refractivity contribution is 5.20. The van der Waals surface area contributed by atoms with E-state index in [1.54, 1.807) is 10.9 Å². The monoisotopic (exact) mass is 260 g/mol. The van der Waals surface area contributed by atoms with Crippen molar-refractivity contribution in [1.82, 2.24) is 24.5 Å². The molecule has 3 rings (SSSR count). The molecule has 0 aromatic carbocycles. The molecule has 0 spiro atoms. The Bertz CT molecular complexity index is 563. The first-order chi connectivity index (χ1) is 9.16. The van der Waals surface area contributed by atoms with E-state index >= 15 is 0 Å². The predicted octanol–water partition coefficient (Wildman–Crippen LogP) is 1.48. The lowest BCUT2D eigenvalue weighted by molar-refractivity contribution is 0.478. The van der Waals surface area contributed by atoms with Crippen LogP contribution in [0, 0.1) is 6.92 Å². The molecular weight excluding hydrogens is 240 g/mol. The quantitative estimate of drug-likeness (QED) is 0.907. The van der Waals surface area contributed by atoms with Gasteiger partial charge < -0.3 is 10.3 Å². The van der Waals surface area contributed by atoms with E-state index in [1.165, 1.54) is 25.7 Å². The SMILES string of the molecule is Cc1nnc(C(N)c2cnn(C)c2)n1C1CCCC1. The smallest absolute Gasteiger partial charge is 0.154 e. The Hall–Kier alpha value is -1.69. The Morgan fingerprint density at radius 3 is 2.68 bits per heavy atom. The third-order valence-corrected chi connectivity index (χ3v) is 3.94.